The molecule has 4 heterocycles. The van der Waals surface area contributed by atoms with Crippen molar-refractivity contribution in [1.82, 2.24) is 18.6 Å². The summed E-state index contributed by atoms with van der Waals surface area (Å²) in [4.78, 5) is 14.2. The average Bonchev–Trinajstić information content (AvgIpc) is 4.02. The summed E-state index contributed by atoms with van der Waals surface area (Å²) < 4.78 is 77.1. The number of piperazine rings is 2. The fourth-order valence-corrected chi connectivity index (χ4v) is 12.5. The Labute approximate surface area is 391 Å². The van der Waals surface area contributed by atoms with Crippen LogP contribution in [0.3, 0.4) is 0 Å². The summed E-state index contributed by atoms with van der Waals surface area (Å²) in [6.45, 7) is 8.12. The zero-order chi connectivity index (χ0) is 46.1. The van der Waals surface area contributed by atoms with Gasteiger partial charge < -0.3 is 28.7 Å². The highest BCUT2D eigenvalue weighted by Gasteiger charge is 2.33. The number of anilines is 2. The van der Waals surface area contributed by atoms with Gasteiger partial charge >= 0.3 is 0 Å². The third-order valence-electron chi connectivity index (χ3n) is 11.4. The minimum absolute atomic E-state index is 0.127. The van der Waals surface area contributed by atoms with Crippen LogP contribution in [0, 0.1) is 6.92 Å². The Morgan fingerprint density at radius 2 is 0.908 bits per heavy atom. The standard InChI is InChI=1S/C24H29N3O4S2.C23H27N3O4S2/c1-4-18-5-7-19(8-6-18)15-20-17-32-24(25-20)26-11-13-27(14-12-26)33(28,29)23-16-21(30-2)9-10-22(23)31-3;1-17-4-6-18(7-5-17)14-19-16-31-23(24-19)25-10-12-26(13-11-25)32(27,28)22-15-20(29-2)8-9-21(22)30-3/h5-10,16-17H,4,11-15H2,1-3H3;4-9,15-16H,10-14H2,1-3H3. The van der Waals surface area contributed by atoms with Gasteiger partial charge in [-0.25, -0.2) is 26.8 Å². The first-order valence-electron chi connectivity index (χ1n) is 21.3. The second-order valence-corrected chi connectivity index (χ2v) is 21.1. The van der Waals surface area contributed by atoms with Gasteiger partial charge in [0.25, 0.3) is 0 Å². The van der Waals surface area contributed by atoms with Gasteiger partial charge in [0.1, 0.15) is 32.8 Å². The molecule has 0 amide bonds. The van der Waals surface area contributed by atoms with Gasteiger partial charge in [0.15, 0.2) is 10.3 Å². The van der Waals surface area contributed by atoms with Gasteiger partial charge in [-0.1, -0.05) is 61.0 Å². The van der Waals surface area contributed by atoms with Crippen LogP contribution in [0.1, 0.15) is 40.6 Å². The Kier molecular flexibility index (Phi) is 15.7. The van der Waals surface area contributed by atoms with E-state index in [1.54, 1.807) is 46.9 Å². The van der Waals surface area contributed by atoms with E-state index in [1.807, 2.05) is 0 Å². The van der Waals surface area contributed by atoms with Gasteiger partial charge in [-0.3, -0.25) is 0 Å². The van der Waals surface area contributed by atoms with E-state index in [9.17, 15) is 16.8 Å². The van der Waals surface area contributed by atoms with Crippen LogP contribution in [0.15, 0.2) is 105 Å². The van der Waals surface area contributed by atoms with Gasteiger partial charge in [-0.15, -0.1) is 22.7 Å². The zero-order valence-corrected chi connectivity index (χ0v) is 40.9. The smallest absolute Gasteiger partial charge is 0.247 e. The summed E-state index contributed by atoms with van der Waals surface area (Å²) >= 11 is 3.21. The molecule has 2 aliphatic heterocycles. The van der Waals surface area contributed by atoms with Crippen LogP contribution < -0.4 is 28.7 Å². The zero-order valence-electron chi connectivity index (χ0n) is 37.6. The van der Waals surface area contributed by atoms with E-state index in [0.717, 1.165) is 40.9 Å². The number of benzene rings is 4. The number of methoxy groups -OCH3 is 4. The molecule has 14 nitrogen and oxygen atoms in total. The lowest BCUT2D eigenvalue weighted by molar-refractivity contribution is 0.370. The first-order valence-corrected chi connectivity index (χ1v) is 26.0. The van der Waals surface area contributed by atoms with Gasteiger partial charge in [0, 0.05) is 88.1 Å². The Morgan fingerprint density at radius 3 is 1.28 bits per heavy atom. The van der Waals surface area contributed by atoms with Gasteiger partial charge in [0.2, 0.25) is 20.0 Å². The number of thiazole rings is 2. The lowest BCUT2D eigenvalue weighted by Crippen LogP contribution is -2.48. The number of hydrogen-bond donors (Lipinski definition) is 0. The lowest BCUT2D eigenvalue weighted by atomic mass is 10.1. The van der Waals surface area contributed by atoms with Crippen molar-refractivity contribution in [3.05, 3.63) is 129 Å². The third-order valence-corrected chi connectivity index (χ3v) is 17.1. The topological polar surface area (TPSA) is 144 Å². The molecule has 6 aromatic rings. The van der Waals surface area contributed by atoms with Crippen molar-refractivity contribution in [2.45, 2.75) is 42.9 Å². The molecule has 2 fully saturated rings. The maximum Gasteiger partial charge on any atom is 0.247 e. The molecule has 65 heavy (non-hydrogen) atoms. The van der Waals surface area contributed by atoms with Crippen LogP contribution in [0.5, 0.6) is 23.0 Å². The number of aromatic nitrogens is 2. The summed E-state index contributed by atoms with van der Waals surface area (Å²) in [7, 11) is -1.43. The maximum atomic E-state index is 13.3. The molecule has 0 atom stereocenters. The third kappa shape index (κ3) is 11.4. The van der Waals surface area contributed by atoms with Gasteiger partial charge in [-0.05, 0) is 54.3 Å². The van der Waals surface area contributed by atoms with Crippen LogP contribution >= 0.6 is 22.7 Å². The van der Waals surface area contributed by atoms with E-state index in [-0.39, 0.29) is 9.79 Å². The second-order valence-electron chi connectivity index (χ2n) is 15.6. The Balaban J connectivity index is 0.000000194. The molecule has 2 saturated heterocycles. The van der Waals surface area contributed by atoms with E-state index < -0.39 is 20.0 Å². The van der Waals surface area contributed by atoms with Crippen molar-refractivity contribution in [1.29, 1.82) is 0 Å². The van der Waals surface area contributed by atoms with Crippen LogP contribution in [0.2, 0.25) is 0 Å². The monoisotopic (exact) mass is 960 g/mol. The largest absolute Gasteiger partial charge is 0.497 e. The highest BCUT2D eigenvalue weighted by molar-refractivity contribution is 7.89. The first kappa shape index (κ1) is 47.7. The van der Waals surface area contributed by atoms with Gasteiger partial charge in [0.05, 0.1) is 39.8 Å². The SMILES string of the molecule is CCc1ccc(Cc2csc(N3CCN(S(=O)(=O)c4cc(OC)ccc4OC)CC3)n2)cc1.COc1ccc(OC)c(S(=O)(=O)N2CCN(c3nc(Cc4ccc(C)cc4)cs3)CC2)c1. The number of hydrogen-bond acceptors (Lipinski definition) is 14. The molecule has 0 unspecified atom stereocenters. The normalized spacial score (nSPS) is 15.0. The molecule has 0 aliphatic carbocycles. The molecule has 2 aliphatic rings. The molecule has 2 aromatic heterocycles. The molecule has 0 saturated carbocycles. The van der Waals surface area contributed by atoms with E-state index in [4.69, 9.17) is 28.9 Å². The summed E-state index contributed by atoms with van der Waals surface area (Å²) in [5, 5.41) is 6.04. The molecular weight excluding hydrogens is 905 g/mol. The quantitative estimate of drug-likeness (QED) is 0.101. The van der Waals surface area contributed by atoms with Crippen LogP contribution in [-0.2, 0) is 39.3 Å². The van der Waals surface area contributed by atoms with E-state index in [2.05, 4.69) is 82.9 Å². The Bertz CT molecular complexity index is 2730. The molecule has 0 N–H and O–H groups in total. The highest BCUT2D eigenvalue weighted by Crippen LogP contribution is 2.34. The van der Waals surface area contributed by atoms with Crippen LogP contribution in [0.4, 0.5) is 10.3 Å². The molecule has 0 bridgehead atoms. The van der Waals surface area contributed by atoms with Crippen molar-refractivity contribution in [3.63, 3.8) is 0 Å². The molecule has 8 rings (SSSR count). The van der Waals surface area contributed by atoms with Crippen molar-refractivity contribution in [2.75, 3.05) is 90.6 Å². The lowest BCUT2D eigenvalue weighted by Gasteiger charge is -2.34. The summed E-state index contributed by atoms with van der Waals surface area (Å²) in [5.74, 6) is 1.59. The van der Waals surface area contributed by atoms with Gasteiger partial charge in [-0.2, -0.15) is 8.61 Å². The molecule has 0 spiro atoms. The number of rotatable bonds is 15. The molecule has 4 aromatic carbocycles. The Morgan fingerprint density at radius 1 is 0.523 bits per heavy atom. The van der Waals surface area contributed by atoms with Crippen molar-refractivity contribution in [3.8, 4) is 23.0 Å². The van der Waals surface area contributed by atoms with E-state index in [0.29, 0.717) is 75.4 Å². The van der Waals surface area contributed by atoms with Crippen molar-refractivity contribution in [2.24, 2.45) is 0 Å². The maximum absolute atomic E-state index is 13.3. The van der Waals surface area contributed by atoms with Crippen LogP contribution in [0.25, 0.3) is 0 Å². The fraction of sp³-hybridized carbons (Fsp3) is 0.362. The van der Waals surface area contributed by atoms with Crippen molar-refractivity contribution < 1.29 is 35.8 Å². The predicted molar refractivity (Wildman–Crippen MR) is 258 cm³/mol. The first-order chi connectivity index (χ1) is 31.3. The van der Waals surface area contributed by atoms with Crippen molar-refractivity contribution >= 4 is 53.0 Å². The minimum Gasteiger partial charge on any atom is -0.497 e. The fourth-order valence-electron chi connectivity index (χ4n) is 7.55. The molecule has 346 valence electrons. The predicted octanol–water partition coefficient (Wildman–Crippen LogP) is 7.39. The number of sulfonamides is 2. The summed E-state index contributed by atoms with van der Waals surface area (Å²) in [6, 6.07) is 26.8. The summed E-state index contributed by atoms with van der Waals surface area (Å²) in [5.41, 5.74) is 7.12. The average molecular weight is 961 g/mol. The second kappa shape index (κ2) is 21.4. The number of aryl methyl sites for hydroxylation is 2. The van der Waals surface area contributed by atoms with E-state index >= 15 is 0 Å². The van der Waals surface area contributed by atoms with E-state index in [1.165, 1.54) is 71.4 Å². The number of ether oxygens (including phenoxy) is 4. The molecule has 0 radical (unpaired) electrons. The minimum atomic E-state index is -3.70. The molecular formula is C47H56N6O8S4. The summed E-state index contributed by atoms with van der Waals surface area (Å²) in [6.07, 6.45) is 2.62. The highest BCUT2D eigenvalue weighted by atomic mass is 32.2. The number of nitrogens with zero attached hydrogens (tertiary/aromatic N) is 6. The molecule has 18 heteroatoms. The van der Waals surface area contributed by atoms with Crippen LogP contribution in [-0.4, -0.2) is 116 Å². The Hall–Kier alpha value is -5.24.